The summed E-state index contributed by atoms with van der Waals surface area (Å²) in [6, 6.07) is 9.29. The summed E-state index contributed by atoms with van der Waals surface area (Å²) >= 11 is 0. The van der Waals surface area contributed by atoms with E-state index in [-0.39, 0.29) is 12.1 Å². The van der Waals surface area contributed by atoms with Crippen molar-refractivity contribution >= 4 is 5.97 Å². The molecule has 0 radical (unpaired) electrons. The van der Waals surface area contributed by atoms with Gasteiger partial charge in [0.15, 0.2) is 0 Å². The molecule has 0 amide bonds. The van der Waals surface area contributed by atoms with Crippen molar-refractivity contribution in [1.29, 1.82) is 0 Å². The van der Waals surface area contributed by atoms with Gasteiger partial charge in [-0.15, -0.1) is 0 Å². The number of carbonyl (C=O) groups is 1. The van der Waals surface area contributed by atoms with Crippen LogP contribution in [-0.2, 0) is 4.74 Å². The number of carbonyl (C=O) groups excluding carboxylic acids is 1. The van der Waals surface area contributed by atoms with Crippen LogP contribution in [-0.4, -0.2) is 22.8 Å². The van der Waals surface area contributed by atoms with Gasteiger partial charge in [0.25, 0.3) is 0 Å². The first-order valence-electron chi connectivity index (χ1n) is 14.6. The van der Waals surface area contributed by atoms with Gasteiger partial charge in [-0.1, -0.05) is 74.8 Å². The number of allylic oxidation sites excluding steroid dienone is 4. The van der Waals surface area contributed by atoms with Crippen molar-refractivity contribution in [1.82, 2.24) is 0 Å². The summed E-state index contributed by atoms with van der Waals surface area (Å²) in [5.74, 6) is 1.91. The van der Waals surface area contributed by atoms with Crippen LogP contribution in [0.5, 0.6) is 0 Å². The zero-order valence-corrected chi connectivity index (χ0v) is 23.6. The first-order valence-corrected chi connectivity index (χ1v) is 14.6. The third-order valence-corrected chi connectivity index (χ3v) is 9.62. The third kappa shape index (κ3) is 6.85. The van der Waals surface area contributed by atoms with Crippen LogP contribution in [0.4, 0.5) is 0 Å². The van der Waals surface area contributed by atoms with E-state index in [1.165, 1.54) is 49.7 Å². The maximum absolute atomic E-state index is 12.6. The molecule has 0 bridgehead atoms. The number of aliphatic hydroxyl groups is 1. The number of hydrogen-bond donors (Lipinski definition) is 1. The number of fused-ring (bicyclic) bond motifs is 1. The van der Waals surface area contributed by atoms with Crippen LogP contribution in [0.15, 0.2) is 65.8 Å². The predicted octanol–water partition coefficient (Wildman–Crippen LogP) is 8.60. The second kappa shape index (κ2) is 11.7. The largest absolute Gasteiger partial charge is 0.458 e. The Morgan fingerprint density at radius 3 is 2.68 bits per heavy atom. The molecule has 3 fully saturated rings. The van der Waals surface area contributed by atoms with Crippen LogP contribution in [0, 0.1) is 23.2 Å². The van der Waals surface area contributed by atoms with E-state index in [0.717, 1.165) is 38.0 Å². The summed E-state index contributed by atoms with van der Waals surface area (Å²) in [5, 5.41) is 10.1. The number of esters is 1. The minimum Gasteiger partial charge on any atom is -0.458 e. The fourth-order valence-electron chi connectivity index (χ4n) is 7.55. The molecule has 3 heteroatoms. The van der Waals surface area contributed by atoms with Gasteiger partial charge in [-0.25, -0.2) is 4.79 Å². The van der Waals surface area contributed by atoms with Gasteiger partial charge in [0.2, 0.25) is 0 Å². The van der Waals surface area contributed by atoms with Gasteiger partial charge < -0.3 is 9.84 Å². The maximum Gasteiger partial charge on any atom is 0.338 e. The predicted molar refractivity (Wildman–Crippen MR) is 152 cm³/mol. The van der Waals surface area contributed by atoms with Crippen LogP contribution in [0.2, 0.25) is 0 Å². The lowest BCUT2D eigenvalue weighted by atomic mass is 9.60. The van der Waals surface area contributed by atoms with Crippen molar-refractivity contribution in [3.8, 4) is 0 Å². The van der Waals surface area contributed by atoms with Crippen LogP contribution in [0.1, 0.15) is 109 Å². The van der Waals surface area contributed by atoms with E-state index < -0.39 is 5.60 Å². The average molecular weight is 505 g/mol. The summed E-state index contributed by atoms with van der Waals surface area (Å²) in [4.78, 5) is 12.6. The Bertz CT molecular complexity index is 1010. The van der Waals surface area contributed by atoms with E-state index in [9.17, 15) is 9.90 Å². The molecular formula is C34H48O3. The Kier molecular flexibility index (Phi) is 8.84. The highest BCUT2D eigenvalue weighted by Crippen LogP contribution is 2.60. The Labute approximate surface area is 225 Å². The molecule has 0 aromatic heterocycles. The standard InChI is InChI=1S/C34H48O3/c1-24-15-18-29(37-32(35)27-12-7-6-8-13-27)23-28(24)17-16-26-14-10-22-34(5)30(19-20-31(26)34)25(2)11-9-21-33(3,4)36/h6-8,12-13,16-17,25,29-31,36H,1,9-11,14-15,18-23H2,2-5H3/b26-16+,28-17-/t25-,29+,30-,31+,34-/m1/s1. The molecule has 37 heavy (non-hydrogen) atoms. The average Bonchev–Trinajstić information content (AvgIpc) is 3.21. The highest BCUT2D eigenvalue weighted by Gasteiger charge is 2.50. The molecule has 4 rings (SSSR count). The van der Waals surface area contributed by atoms with E-state index in [2.05, 4.69) is 32.6 Å². The molecule has 1 aromatic carbocycles. The molecule has 0 aliphatic heterocycles. The Morgan fingerprint density at radius 2 is 1.95 bits per heavy atom. The second-order valence-corrected chi connectivity index (χ2v) is 13.0. The molecule has 0 spiro atoms. The van der Waals surface area contributed by atoms with E-state index >= 15 is 0 Å². The fraction of sp³-hybridized carbons (Fsp3) is 0.618. The molecule has 5 atom stereocenters. The molecule has 3 saturated carbocycles. The molecule has 0 saturated heterocycles. The van der Waals surface area contributed by atoms with E-state index in [0.29, 0.717) is 22.8 Å². The van der Waals surface area contributed by atoms with Gasteiger partial charge in [-0.2, -0.15) is 0 Å². The SMILES string of the molecule is C=C1CC[C@H](OC(=O)c2ccccc2)C/C1=C/C=C1\CCC[C@]2(C)[C@@H]([C@H](C)CCCC(C)(C)O)CC[C@@H]12. The Hall–Kier alpha value is -2.13. The van der Waals surface area contributed by atoms with Gasteiger partial charge in [0, 0.05) is 6.42 Å². The Balaban J connectivity index is 1.41. The lowest BCUT2D eigenvalue weighted by Gasteiger charge is -2.44. The van der Waals surface area contributed by atoms with Crippen LogP contribution in [0.3, 0.4) is 0 Å². The fourth-order valence-corrected chi connectivity index (χ4v) is 7.55. The molecule has 3 nitrogen and oxygen atoms in total. The lowest BCUT2D eigenvalue weighted by molar-refractivity contribution is 0.0270. The van der Waals surface area contributed by atoms with E-state index in [4.69, 9.17) is 4.74 Å². The Morgan fingerprint density at radius 1 is 1.19 bits per heavy atom. The molecule has 1 N–H and O–H groups in total. The topological polar surface area (TPSA) is 46.5 Å². The summed E-state index contributed by atoms with van der Waals surface area (Å²) < 4.78 is 5.87. The van der Waals surface area contributed by atoms with Crippen molar-refractivity contribution in [2.24, 2.45) is 23.2 Å². The summed E-state index contributed by atoms with van der Waals surface area (Å²) in [5.41, 5.74) is 4.49. The summed E-state index contributed by atoms with van der Waals surface area (Å²) in [6.07, 6.45) is 16.7. The molecule has 3 aliphatic carbocycles. The quantitative estimate of drug-likeness (QED) is 0.361. The van der Waals surface area contributed by atoms with Crippen molar-refractivity contribution in [2.45, 2.75) is 110 Å². The summed E-state index contributed by atoms with van der Waals surface area (Å²) in [6.45, 7) is 13.2. The van der Waals surface area contributed by atoms with Gasteiger partial charge in [0.05, 0.1) is 11.2 Å². The minimum absolute atomic E-state index is 0.0833. The molecule has 1 aromatic rings. The third-order valence-electron chi connectivity index (χ3n) is 9.62. The van der Waals surface area contributed by atoms with Crippen molar-refractivity contribution in [2.75, 3.05) is 0 Å². The first kappa shape index (κ1) is 27.9. The highest BCUT2D eigenvalue weighted by molar-refractivity contribution is 5.89. The molecule has 0 unspecified atom stereocenters. The number of rotatable bonds is 8. The van der Waals surface area contributed by atoms with Gasteiger partial charge in [-0.05, 0) is 106 Å². The van der Waals surface area contributed by atoms with E-state index in [1.54, 1.807) is 5.57 Å². The maximum atomic E-state index is 12.6. The number of ether oxygens (including phenoxy) is 1. The first-order chi connectivity index (χ1) is 17.6. The zero-order chi connectivity index (χ0) is 26.6. The van der Waals surface area contributed by atoms with Gasteiger partial charge in [-0.3, -0.25) is 0 Å². The van der Waals surface area contributed by atoms with Crippen LogP contribution in [0.25, 0.3) is 0 Å². The molecule has 0 heterocycles. The molecular weight excluding hydrogens is 456 g/mol. The molecule has 202 valence electrons. The van der Waals surface area contributed by atoms with Crippen molar-refractivity contribution in [3.63, 3.8) is 0 Å². The smallest absolute Gasteiger partial charge is 0.338 e. The van der Waals surface area contributed by atoms with Crippen LogP contribution >= 0.6 is 0 Å². The number of benzene rings is 1. The number of hydrogen-bond acceptors (Lipinski definition) is 3. The normalized spacial score (nSPS) is 31.4. The van der Waals surface area contributed by atoms with Crippen LogP contribution < -0.4 is 0 Å². The van der Waals surface area contributed by atoms with Crippen molar-refractivity contribution in [3.05, 3.63) is 71.3 Å². The van der Waals surface area contributed by atoms with Gasteiger partial charge in [0.1, 0.15) is 6.10 Å². The van der Waals surface area contributed by atoms with Gasteiger partial charge >= 0.3 is 5.97 Å². The summed E-state index contributed by atoms with van der Waals surface area (Å²) in [7, 11) is 0. The van der Waals surface area contributed by atoms with Crippen molar-refractivity contribution < 1.29 is 14.6 Å². The highest BCUT2D eigenvalue weighted by atomic mass is 16.5. The van der Waals surface area contributed by atoms with E-state index in [1.807, 2.05) is 44.2 Å². The second-order valence-electron chi connectivity index (χ2n) is 13.0. The lowest BCUT2D eigenvalue weighted by Crippen LogP contribution is -2.36. The zero-order valence-electron chi connectivity index (χ0n) is 23.6. The minimum atomic E-state index is -0.557. The monoisotopic (exact) mass is 504 g/mol. The molecule has 3 aliphatic rings.